The number of carbonyl (C=O) groups is 2. The van der Waals surface area contributed by atoms with Crippen molar-refractivity contribution in [3.63, 3.8) is 0 Å². The summed E-state index contributed by atoms with van der Waals surface area (Å²) < 4.78 is 0. The van der Waals surface area contributed by atoms with E-state index in [1.807, 2.05) is 24.3 Å². The lowest BCUT2D eigenvalue weighted by Crippen LogP contribution is -2.20. The van der Waals surface area contributed by atoms with Gasteiger partial charge in [0.05, 0.1) is 23.9 Å². The first kappa shape index (κ1) is 18.3. The third kappa shape index (κ3) is 3.66. The van der Waals surface area contributed by atoms with Crippen LogP contribution in [0.4, 0.5) is 17.1 Å². The van der Waals surface area contributed by atoms with Gasteiger partial charge >= 0.3 is 0 Å². The summed E-state index contributed by atoms with van der Waals surface area (Å²) in [6, 6.07) is 21.2. The van der Waals surface area contributed by atoms with Crippen molar-refractivity contribution in [2.75, 3.05) is 11.9 Å². The second kappa shape index (κ2) is 7.87. The molecule has 1 aliphatic rings. The van der Waals surface area contributed by atoms with Gasteiger partial charge in [0.15, 0.2) is 11.6 Å². The van der Waals surface area contributed by atoms with Crippen LogP contribution in [0.15, 0.2) is 77.0 Å². The lowest BCUT2D eigenvalue weighted by Gasteiger charge is -2.17. The summed E-state index contributed by atoms with van der Waals surface area (Å²) in [7, 11) is 0. The number of azo groups is 1. The van der Waals surface area contributed by atoms with Gasteiger partial charge in [-0.3, -0.25) is 9.59 Å². The summed E-state index contributed by atoms with van der Waals surface area (Å²) in [6.07, 6.45) is 0.436. The molecule has 1 N–H and O–H groups in total. The van der Waals surface area contributed by atoms with E-state index in [0.29, 0.717) is 46.6 Å². The Morgan fingerprint density at radius 2 is 1.34 bits per heavy atom. The molecule has 6 heteroatoms. The zero-order valence-corrected chi connectivity index (χ0v) is 15.4. The zero-order valence-electron chi connectivity index (χ0n) is 15.4. The summed E-state index contributed by atoms with van der Waals surface area (Å²) in [5, 5.41) is 20.1. The Bertz CT molecular complexity index is 1170. The Hall–Kier alpha value is -4.11. The number of nitriles is 1. The van der Waals surface area contributed by atoms with Gasteiger partial charge < -0.3 is 5.32 Å². The molecule has 0 amide bonds. The molecule has 0 aliphatic heterocycles. The topological polar surface area (TPSA) is 94.7 Å². The molecule has 0 saturated heterocycles. The van der Waals surface area contributed by atoms with E-state index in [4.69, 9.17) is 5.26 Å². The maximum absolute atomic E-state index is 12.8. The fourth-order valence-corrected chi connectivity index (χ4v) is 3.17. The van der Waals surface area contributed by atoms with E-state index >= 15 is 0 Å². The van der Waals surface area contributed by atoms with E-state index in [2.05, 4.69) is 21.6 Å². The molecule has 3 aromatic rings. The second-order valence-corrected chi connectivity index (χ2v) is 6.52. The molecule has 0 heterocycles. The van der Waals surface area contributed by atoms with Gasteiger partial charge in [0.1, 0.15) is 0 Å². The SMILES string of the molecule is N#CCCNc1ccc(N=Nc2ccc3c(c2)C(=O)c2ccccc2C3=O)cc1. The van der Waals surface area contributed by atoms with E-state index < -0.39 is 0 Å². The van der Waals surface area contributed by atoms with Gasteiger partial charge in [-0.15, -0.1) is 0 Å². The minimum atomic E-state index is -0.181. The highest BCUT2D eigenvalue weighted by Crippen LogP contribution is 2.30. The molecule has 0 radical (unpaired) electrons. The number of ketones is 2. The summed E-state index contributed by atoms with van der Waals surface area (Å²) >= 11 is 0. The Kier molecular flexibility index (Phi) is 4.95. The number of hydrogen-bond acceptors (Lipinski definition) is 6. The van der Waals surface area contributed by atoms with Crippen LogP contribution in [0.5, 0.6) is 0 Å². The quantitative estimate of drug-likeness (QED) is 0.380. The molecule has 140 valence electrons. The first-order chi connectivity index (χ1) is 14.2. The molecule has 0 aromatic heterocycles. The number of nitrogens with zero attached hydrogens (tertiary/aromatic N) is 3. The van der Waals surface area contributed by atoms with Crippen molar-refractivity contribution in [2.24, 2.45) is 10.2 Å². The minimum absolute atomic E-state index is 0.154. The van der Waals surface area contributed by atoms with Crippen molar-refractivity contribution >= 4 is 28.6 Å². The van der Waals surface area contributed by atoms with Crippen LogP contribution in [0, 0.1) is 11.3 Å². The number of carbonyl (C=O) groups excluding carboxylic acids is 2. The summed E-state index contributed by atoms with van der Waals surface area (Å²) in [5.74, 6) is -0.335. The van der Waals surface area contributed by atoms with Gasteiger partial charge in [-0.25, -0.2) is 0 Å². The van der Waals surface area contributed by atoms with Crippen molar-refractivity contribution in [2.45, 2.75) is 6.42 Å². The van der Waals surface area contributed by atoms with Crippen LogP contribution in [0.25, 0.3) is 0 Å². The third-order valence-electron chi connectivity index (χ3n) is 4.62. The molecule has 4 rings (SSSR count). The average Bonchev–Trinajstić information content (AvgIpc) is 2.77. The molecule has 0 fully saturated rings. The third-order valence-corrected chi connectivity index (χ3v) is 4.62. The molecule has 0 bridgehead atoms. The van der Waals surface area contributed by atoms with Crippen LogP contribution in [0.3, 0.4) is 0 Å². The lowest BCUT2D eigenvalue weighted by molar-refractivity contribution is 0.0979. The number of anilines is 1. The highest BCUT2D eigenvalue weighted by atomic mass is 16.1. The Morgan fingerprint density at radius 1 is 0.759 bits per heavy atom. The zero-order chi connectivity index (χ0) is 20.2. The fourth-order valence-electron chi connectivity index (χ4n) is 3.17. The maximum atomic E-state index is 12.8. The molecule has 0 spiro atoms. The van der Waals surface area contributed by atoms with Gasteiger partial charge in [0, 0.05) is 34.5 Å². The summed E-state index contributed by atoms with van der Waals surface area (Å²) in [4.78, 5) is 25.4. The van der Waals surface area contributed by atoms with Crippen molar-refractivity contribution in [3.8, 4) is 6.07 Å². The van der Waals surface area contributed by atoms with Gasteiger partial charge in [0.25, 0.3) is 0 Å². The van der Waals surface area contributed by atoms with E-state index in [1.54, 1.807) is 42.5 Å². The monoisotopic (exact) mass is 380 g/mol. The highest BCUT2D eigenvalue weighted by molar-refractivity contribution is 6.28. The van der Waals surface area contributed by atoms with Gasteiger partial charge in [0.2, 0.25) is 0 Å². The van der Waals surface area contributed by atoms with Crippen LogP contribution in [-0.2, 0) is 0 Å². The molecule has 1 aliphatic carbocycles. The van der Waals surface area contributed by atoms with E-state index in [0.717, 1.165) is 5.69 Å². The first-order valence-corrected chi connectivity index (χ1v) is 9.12. The van der Waals surface area contributed by atoms with E-state index in [1.165, 1.54) is 0 Å². The first-order valence-electron chi connectivity index (χ1n) is 9.12. The summed E-state index contributed by atoms with van der Waals surface area (Å²) in [5.41, 5.74) is 3.64. The molecule has 0 saturated carbocycles. The predicted octanol–water partition coefficient (Wildman–Crippen LogP) is 5.20. The second-order valence-electron chi connectivity index (χ2n) is 6.52. The molecule has 29 heavy (non-hydrogen) atoms. The molecule has 0 unspecified atom stereocenters. The van der Waals surface area contributed by atoms with Crippen molar-refractivity contribution < 1.29 is 9.59 Å². The Labute approximate surface area is 167 Å². The van der Waals surface area contributed by atoms with E-state index in [-0.39, 0.29) is 11.6 Å². The minimum Gasteiger partial charge on any atom is -0.384 e. The fraction of sp³-hybridized carbons (Fsp3) is 0.0870. The van der Waals surface area contributed by atoms with Crippen molar-refractivity contribution in [1.82, 2.24) is 0 Å². The van der Waals surface area contributed by atoms with Crippen molar-refractivity contribution in [1.29, 1.82) is 5.26 Å². The lowest BCUT2D eigenvalue weighted by atomic mass is 9.84. The van der Waals surface area contributed by atoms with Gasteiger partial charge in [-0.1, -0.05) is 24.3 Å². The Morgan fingerprint density at radius 3 is 2.03 bits per heavy atom. The average molecular weight is 380 g/mol. The molecular weight excluding hydrogens is 364 g/mol. The standard InChI is InChI=1S/C23H16N4O2/c24-12-3-13-25-15-6-8-16(9-7-15)26-27-17-10-11-20-21(14-17)23(29)19-5-2-1-4-18(19)22(20)28/h1-2,4-11,14,25H,3,13H2. The normalized spacial score (nSPS) is 12.4. The number of hydrogen-bond donors (Lipinski definition) is 1. The maximum Gasteiger partial charge on any atom is 0.194 e. The van der Waals surface area contributed by atoms with E-state index in [9.17, 15) is 9.59 Å². The highest BCUT2D eigenvalue weighted by Gasteiger charge is 2.29. The number of benzene rings is 3. The molecular formula is C23H16N4O2. The molecule has 3 aromatic carbocycles. The van der Waals surface area contributed by atoms with Crippen LogP contribution in [0.2, 0.25) is 0 Å². The van der Waals surface area contributed by atoms with Crippen LogP contribution < -0.4 is 5.32 Å². The number of fused-ring (bicyclic) bond motifs is 2. The Balaban J connectivity index is 1.55. The predicted molar refractivity (Wildman–Crippen MR) is 109 cm³/mol. The number of rotatable bonds is 5. The smallest absolute Gasteiger partial charge is 0.194 e. The van der Waals surface area contributed by atoms with Crippen molar-refractivity contribution in [3.05, 3.63) is 89.0 Å². The van der Waals surface area contributed by atoms with Crippen LogP contribution in [-0.4, -0.2) is 18.1 Å². The molecule has 0 atom stereocenters. The summed E-state index contributed by atoms with van der Waals surface area (Å²) in [6.45, 7) is 0.586. The van der Waals surface area contributed by atoms with Gasteiger partial charge in [-0.2, -0.15) is 15.5 Å². The molecule has 6 nitrogen and oxygen atoms in total. The van der Waals surface area contributed by atoms with Gasteiger partial charge in [-0.05, 0) is 42.5 Å². The van der Waals surface area contributed by atoms with Crippen LogP contribution in [0.1, 0.15) is 38.3 Å². The van der Waals surface area contributed by atoms with Crippen LogP contribution >= 0.6 is 0 Å². The number of nitrogens with one attached hydrogen (secondary N) is 1. The largest absolute Gasteiger partial charge is 0.384 e.